The third kappa shape index (κ3) is 3.67. The van der Waals surface area contributed by atoms with Crippen molar-refractivity contribution < 1.29 is 14.7 Å². The molecule has 0 aliphatic carbocycles. The van der Waals surface area contributed by atoms with Crippen molar-refractivity contribution in [2.45, 2.75) is 46.2 Å². The summed E-state index contributed by atoms with van der Waals surface area (Å²) < 4.78 is 0. The molecule has 0 unspecified atom stereocenters. The number of hydrogen-bond acceptors (Lipinski definition) is 5. The predicted molar refractivity (Wildman–Crippen MR) is 122 cm³/mol. The van der Waals surface area contributed by atoms with Gasteiger partial charge in [-0.2, -0.15) is 0 Å². The van der Waals surface area contributed by atoms with E-state index in [1.54, 1.807) is 6.20 Å². The van der Waals surface area contributed by atoms with Crippen LogP contribution in [0.25, 0.3) is 0 Å². The summed E-state index contributed by atoms with van der Waals surface area (Å²) in [6.45, 7) is 10.6. The number of carbonyl (C=O) groups is 2. The van der Waals surface area contributed by atoms with E-state index in [4.69, 9.17) is 0 Å². The average Bonchev–Trinajstić information content (AvgIpc) is 3.30. The highest BCUT2D eigenvalue weighted by atomic mass is 16.4. The molecule has 2 aromatic rings. The van der Waals surface area contributed by atoms with Crippen molar-refractivity contribution in [2.75, 3.05) is 24.5 Å². The highest BCUT2D eigenvalue weighted by Gasteiger charge is 2.61. The van der Waals surface area contributed by atoms with Gasteiger partial charge in [0.2, 0.25) is 0 Å². The summed E-state index contributed by atoms with van der Waals surface area (Å²) in [4.78, 5) is 37.2. The van der Waals surface area contributed by atoms with Gasteiger partial charge in [-0.05, 0) is 29.9 Å². The van der Waals surface area contributed by atoms with Gasteiger partial charge in [-0.15, -0.1) is 0 Å². The molecular formula is C24H31N5O3. The van der Waals surface area contributed by atoms with Crippen molar-refractivity contribution in [3.8, 4) is 0 Å². The number of benzene rings is 1. The number of hydrogen-bond donors (Lipinski definition) is 2. The predicted octanol–water partition coefficient (Wildman–Crippen LogP) is 3.32. The smallest absolute Gasteiger partial charge is 0.407 e. The summed E-state index contributed by atoms with van der Waals surface area (Å²) in [5, 5.41) is 12.6. The van der Waals surface area contributed by atoms with Gasteiger partial charge in [0, 0.05) is 32.1 Å². The Morgan fingerprint density at radius 3 is 2.69 bits per heavy atom. The number of nitrogens with zero attached hydrogens (tertiary/aromatic N) is 4. The van der Waals surface area contributed by atoms with Gasteiger partial charge in [0.1, 0.15) is 11.5 Å². The number of aromatic nitrogens is 2. The first-order chi connectivity index (χ1) is 15.1. The van der Waals surface area contributed by atoms with E-state index < -0.39 is 11.6 Å². The van der Waals surface area contributed by atoms with Gasteiger partial charge in [-0.1, -0.05) is 45.0 Å². The Morgan fingerprint density at radius 2 is 2.00 bits per heavy atom. The van der Waals surface area contributed by atoms with Crippen LogP contribution in [-0.4, -0.2) is 57.1 Å². The maximum Gasteiger partial charge on any atom is 0.407 e. The quantitative estimate of drug-likeness (QED) is 0.761. The van der Waals surface area contributed by atoms with Crippen molar-refractivity contribution in [3.63, 3.8) is 0 Å². The van der Waals surface area contributed by atoms with Crippen molar-refractivity contribution in [1.82, 2.24) is 20.2 Å². The molecule has 0 bridgehead atoms. The summed E-state index contributed by atoms with van der Waals surface area (Å²) in [5.41, 5.74) is 1.85. The van der Waals surface area contributed by atoms with Crippen molar-refractivity contribution in [2.24, 2.45) is 11.3 Å². The van der Waals surface area contributed by atoms with Crippen LogP contribution >= 0.6 is 0 Å². The first-order valence-corrected chi connectivity index (χ1v) is 11.0. The van der Waals surface area contributed by atoms with E-state index in [0.29, 0.717) is 25.5 Å². The summed E-state index contributed by atoms with van der Waals surface area (Å²) in [7, 11) is 0. The number of amides is 2. The van der Waals surface area contributed by atoms with Crippen LogP contribution in [0.2, 0.25) is 0 Å². The lowest BCUT2D eigenvalue weighted by Gasteiger charge is -2.48. The lowest BCUT2D eigenvalue weighted by atomic mass is 9.68. The third-order valence-corrected chi connectivity index (χ3v) is 7.13. The van der Waals surface area contributed by atoms with Gasteiger partial charge >= 0.3 is 6.09 Å². The van der Waals surface area contributed by atoms with Crippen LogP contribution in [0.1, 0.15) is 48.8 Å². The maximum absolute atomic E-state index is 12.8. The second kappa shape index (κ2) is 8.07. The highest BCUT2D eigenvalue weighted by Crippen LogP contribution is 2.52. The Labute approximate surface area is 188 Å². The lowest BCUT2D eigenvalue weighted by molar-refractivity contribution is 0.0945. The minimum absolute atomic E-state index is 0.191. The monoisotopic (exact) mass is 437 g/mol. The van der Waals surface area contributed by atoms with Crippen LogP contribution in [0.3, 0.4) is 0 Å². The molecule has 2 fully saturated rings. The zero-order valence-corrected chi connectivity index (χ0v) is 19.1. The van der Waals surface area contributed by atoms with Crippen molar-refractivity contribution >= 4 is 17.8 Å². The van der Waals surface area contributed by atoms with Crippen LogP contribution in [0.4, 0.5) is 10.6 Å². The molecule has 4 rings (SSSR count). The molecule has 8 nitrogen and oxygen atoms in total. The second-order valence-electron chi connectivity index (χ2n) is 9.85. The van der Waals surface area contributed by atoms with Gasteiger partial charge in [-0.25, -0.2) is 9.78 Å². The number of nitrogens with one attached hydrogen (secondary N) is 1. The Bertz CT molecular complexity index is 1030. The van der Waals surface area contributed by atoms with E-state index in [9.17, 15) is 14.7 Å². The molecule has 2 atom stereocenters. The Balaban J connectivity index is 1.59. The Morgan fingerprint density at radius 1 is 1.25 bits per heavy atom. The van der Waals surface area contributed by atoms with E-state index >= 15 is 0 Å². The zero-order chi connectivity index (χ0) is 23.1. The lowest BCUT2D eigenvalue weighted by Crippen LogP contribution is -2.59. The topological polar surface area (TPSA) is 98.7 Å². The minimum Gasteiger partial charge on any atom is -0.465 e. The largest absolute Gasteiger partial charge is 0.465 e. The van der Waals surface area contributed by atoms with Gasteiger partial charge in [0.25, 0.3) is 5.91 Å². The fourth-order valence-electron chi connectivity index (χ4n) is 5.41. The summed E-state index contributed by atoms with van der Waals surface area (Å²) in [6.07, 6.45) is 3.15. The fourth-order valence-corrected chi connectivity index (χ4v) is 5.41. The van der Waals surface area contributed by atoms with Gasteiger partial charge in [0.15, 0.2) is 0 Å². The molecule has 32 heavy (non-hydrogen) atoms. The number of rotatable bonds is 4. The number of anilines is 1. The van der Waals surface area contributed by atoms with E-state index in [0.717, 1.165) is 24.1 Å². The van der Waals surface area contributed by atoms with Crippen molar-refractivity contribution in [1.29, 1.82) is 0 Å². The molecule has 170 valence electrons. The molecule has 2 aliphatic heterocycles. The van der Waals surface area contributed by atoms with Crippen LogP contribution in [0.5, 0.6) is 0 Å². The normalized spacial score (nSPS) is 22.7. The molecule has 2 saturated heterocycles. The molecule has 1 aromatic heterocycles. The van der Waals surface area contributed by atoms with Crippen LogP contribution in [0.15, 0.2) is 36.7 Å². The van der Waals surface area contributed by atoms with Crippen LogP contribution in [0, 0.1) is 18.3 Å². The summed E-state index contributed by atoms with van der Waals surface area (Å²) in [5.74, 6) is 0.555. The van der Waals surface area contributed by atoms with E-state index in [2.05, 4.69) is 41.0 Å². The standard InChI is InChI=1S/C24H31N5O3/c1-16-7-5-6-8-17(16)11-26-21(30)19-12-25-13-20(27-19)29-10-9-18-14-28(22(31)32)15-24(18,29)23(2,3)4/h5-8,12-13,18H,9-11,14-15H2,1-4H3,(H,26,30)(H,31,32)/t18-,24-/m1/s1. The summed E-state index contributed by atoms with van der Waals surface area (Å²) >= 11 is 0. The molecule has 0 spiro atoms. The molecule has 1 aromatic carbocycles. The van der Waals surface area contributed by atoms with E-state index in [1.165, 1.54) is 11.1 Å². The maximum atomic E-state index is 12.8. The molecule has 2 aliphatic rings. The first kappa shape index (κ1) is 22.0. The van der Waals surface area contributed by atoms with E-state index in [1.807, 2.05) is 31.2 Å². The zero-order valence-electron chi connectivity index (χ0n) is 19.1. The second-order valence-corrected chi connectivity index (χ2v) is 9.85. The highest BCUT2D eigenvalue weighted by molar-refractivity contribution is 5.92. The van der Waals surface area contributed by atoms with Gasteiger partial charge in [0.05, 0.1) is 17.9 Å². The molecule has 0 radical (unpaired) electrons. The molecule has 3 heterocycles. The van der Waals surface area contributed by atoms with Gasteiger partial charge in [-0.3, -0.25) is 9.78 Å². The molecule has 2 N–H and O–H groups in total. The number of carbonyl (C=O) groups excluding carboxylic acids is 1. The Kier molecular flexibility index (Phi) is 5.56. The van der Waals surface area contributed by atoms with Crippen LogP contribution < -0.4 is 10.2 Å². The average molecular weight is 438 g/mol. The van der Waals surface area contributed by atoms with E-state index in [-0.39, 0.29) is 22.9 Å². The Hall–Kier alpha value is -3.16. The number of fused-ring (bicyclic) bond motifs is 1. The molecule has 0 saturated carbocycles. The minimum atomic E-state index is -0.890. The molecule has 8 heteroatoms. The first-order valence-electron chi connectivity index (χ1n) is 11.0. The number of likely N-dealkylation sites (tertiary alicyclic amines) is 1. The molecular weight excluding hydrogens is 406 g/mol. The van der Waals surface area contributed by atoms with Crippen molar-refractivity contribution in [3.05, 3.63) is 53.5 Å². The number of aryl methyl sites for hydroxylation is 1. The molecule has 2 amide bonds. The van der Waals surface area contributed by atoms with Crippen LogP contribution in [-0.2, 0) is 6.54 Å². The summed E-state index contributed by atoms with van der Waals surface area (Å²) in [6, 6.07) is 7.92. The fraction of sp³-hybridized carbons (Fsp3) is 0.500. The number of carboxylic acid groups (broad SMARTS) is 1. The third-order valence-electron chi connectivity index (χ3n) is 7.13. The SMILES string of the molecule is Cc1ccccc1CNC(=O)c1cncc(N2CC[C@@H]3CN(C(=O)O)C[C@]32C(C)(C)C)n1. The van der Waals surface area contributed by atoms with Gasteiger partial charge < -0.3 is 20.2 Å².